The number of fused-ring (bicyclic) bond motifs is 3. The minimum Gasteiger partial charge on any atom is -0.339 e. The first-order valence-corrected chi connectivity index (χ1v) is 11.2. The van der Waals surface area contributed by atoms with Gasteiger partial charge < -0.3 is 19.3 Å². The lowest BCUT2D eigenvalue weighted by atomic mass is 10.0. The number of nitrogens with one attached hydrogen (secondary N) is 1. The lowest BCUT2D eigenvalue weighted by Crippen LogP contribution is -2.39. The van der Waals surface area contributed by atoms with E-state index >= 15 is 0 Å². The number of hydrogen-bond acceptors (Lipinski definition) is 5. The lowest BCUT2D eigenvalue weighted by molar-refractivity contribution is 0.0794. The fourth-order valence-corrected chi connectivity index (χ4v) is 4.79. The van der Waals surface area contributed by atoms with Crippen molar-refractivity contribution in [1.29, 1.82) is 0 Å². The number of carbonyl (C=O) groups is 2. The van der Waals surface area contributed by atoms with Crippen LogP contribution in [-0.4, -0.2) is 63.5 Å². The fraction of sp³-hybridized carbons (Fsp3) is 0.450. The first kappa shape index (κ1) is 21.9. The molecule has 3 heterocycles. The number of urea groups is 1. The molecule has 0 saturated carbocycles. The molecule has 1 aromatic heterocycles. The predicted octanol–water partition coefficient (Wildman–Crippen LogP) is 3.40. The van der Waals surface area contributed by atoms with E-state index < -0.39 is 5.82 Å². The number of nitrogens with zero attached hydrogens (tertiary/aromatic N) is 4. The minimum absolute atomic E-state index is 0.0613. The Morgan fingerprint density at radius 3 is 2.97 bits per heavy atom. The average Bonchev–Trinajstić information content (AvgIpc) is 3.05. The van der Waals surface area contributed by atoms with Gasteiger partial charge in [0.05, 0.1) is 35.7 Å². The van der Waals surface area contributed by atoms with Gasteiger partial charge in [-0.3, -0.25) is 9.48 Å². The van der Waals surface area contributed by atoms with Crippen molar-refractivity contribution in [2.24, 2.45) is 0 Å². The number of hydrogen-bond donors (Lipinski definition) is 1. The second kappa shape index (κ2) is 9.05. The molecule has 1 unspecified atom stereocenters. The van der Waals surface area contributed by atoms with Gasteiger partial charge in [0.15, 0.2) is 0 Å². The van der Waals surface area contributed by atoms with Crippen LogP contribution in [0.5, 0.6) is 0 Å². The molecule has 0 fully saturated rings. The number of benzene rings is 1. The van der Waals surface area contributed by atoms with Gasteiger partial charge >= 0.3 is 6.03 Å². The summed E-state index contributed by atoms with van der Waals surface area (Å²) in [6.07, 6.45) is 0.549. The van der Waals surface area contributed by atoms with E-state index in [0.717, 1.165) is 11.3 Å². The van der Waals surface area contributed by atoms with E-state index in [1.165, 1.54) is 30.2 Å². The second-order valence-electron chi connectivity index (χ2n) is 7.50. The van der Waals surface area contributed by atoms with Crippen LogP contribution in [0.2, 0.25) is 5.02 Å². The van der Waals surface area contributed by atoms with E-state index in [1.54, 1.807) is 21.5 Å². The van der Waals surface area contributed by atoms with Gasteiger partial charge in [-0.2, -0.15) is 5.10 Å². The largest absolute Gasteiger partial charge is 0.339 e. The zero-order chi connectivity index (χ0) is 22.1. The van der Waals surface area contributed by atoms with Crippen LogP contribution in [0.15, 0.2) is 18.2 Å². The second-order valence-corrected chi connectivity index (χ2v) is 9.00. The number of aromatic nitrogens is 2. The first-order valence-electron chi connectivity index (χ1n) is 10.0. The van der Waals surface area contributed by atoms with Crippen LogP contribution in [0.25, 0.3) is 0 Å². The van der Waals surface area contributed by atoms with E-state index in [-0.39, 0.29) is 28.8 Å². The van der Waals surface area contributed by atoms with Crippen LogP contribution >= 0.6 is 23.6 Å². The third-order valence-electron chi connectivity index (χ3n) is 5.28. The number of amides is 3. The fourth-order valence-electron chi connectivity index (χ4n) is 3.79. The molecule has 1 N–H and O–H groups in total. The predicted molar refractivity (Wildman–Crippen MR) is 117 cm³/mol. The Morgan fingerprint density at radius 1 is 1.42 bits per heavy atom. The first-order chi connectivity index (χ1) is 14.9. The molecule has 2 aliphatic heterocycles. The molecule has 0 aliphatic carbocycles. The standard InChI is InChI=1S/C20H23ClFN5O3S/c1-3-30-31-13-9-25(2)19(28)18-14-11-26(7-6-17(14)24-27(18)10-13)20(29)23-12-4-5-16(22)15(21)8-12/h4-5,8,13H,3,6-7,9-11H2,1-2H3,(H,23,29). The molecule has 4 rings (SSSR count). The maximum Gasteiger partial charge on any atom is 0.322 e. The topological polar surface area (TPSA) is 79.7 Å². The van der Waals surface area contributed by atoms with Crippen molar-refractivity contribution in [1.82, 2.24) is 19.6 Å². The van der Waals surface area contributed by atoms with Crippen LogP contribution in [-0.2, 0) is 23.7 Å². The van der Waals surface area contributed by atoms with Crippen molar-refractivity contribution in [2.75, 3.05) is 32.1 Å². The van der Waals surface area contributed by atoms with Crippen LogP contribution in [0.1, 0.15) is 28.7 Å². The molecule has 1 atom stereocenters. The Bertz CT molecular complexity index is 1020. The lowest BCUT2D eigenvalue weighted by Gasteiger charge is -2.27. The van der Waals surface area contributed by atoms with Gasteiger partial charge in [0.25, 0.3) is 5.91 Å². The summed E-state index contributed by atoms with van der Waals surface area (Å²) in [4.78, 5) is 29.2. The maximum atomic E-state index is 13.4. The van der Waals surface area contributed by atoms with Gasteiger partial charge in [-0.15, -0.1) is 0 Å². The Kier molecular flexibility index (Phi) is 6.40. The van der Waals surface area contributed by atoms with Gasteiger partial charge in [0, 0.05) is 37.8 Å². The monoisotopic (exact) mass is 467 g/mol. The molecular weight excluding hydrogens is 445 g/mol. The quantitative estimate of drug-likeness (QED) is 0.697. The highest BCUT2D eigenvalue weighted by molar-refractivity contribution is 7.95. The Morgan fingerprint density at radius 2 is 2.23 bits per heavy atom. The van der Waals surface area contributed by atoms with Crippen LogP contribution in [0.4, 0.5) is 14.9 Å². The highest BCUT2D eigenvalue weighted by Crippen LogP contribution is 2.28. The van der Waals surface area contributed by atoms with Crippen molar-refractivity contribution in [3.05, 3.63) is 46.0 Å². The number of anilines is 1. The summed E-state index contributed by atoms with van der Waals surface area (Å²) in [6, 6.07) is 3.68. The van der Waals surface area contributed by atoms with Crippen LogP contribution in [0.3, 0.4) is 0 Å². The summed E-state index contributed by atoms with van der Waals surface area (Å²) < 4.78 is 20.6. The van der Waals surface area contributed by atoms with Gasteiger partial charge in [0.2, 0.25) is 0 Å². The zero-order valence-corrected chi connectivity index (χ0v) is 18.8. The molecule has 8 nitrogen and oxygen atoms in total. The van der Waals surface area contributed by atoms with Crippen molar-refractivity contribution < 1.29 is 18.2 Å². The highest BCUT2D eigenvalue weighted by atomic mass is 35.5. The third kappa shape index (κ3) is 4.51. The normalized spacial score (nSPS) is 18.5. The summed E-state index contributed by atoms with van der Waals surface area (Å²) in [7, 11) is 1.77. The molecule has 2 aromatic rings. The molecule has 2 aliphatic rings. The highest BCUT2D eigenvalue weighted by Gasteiger charge is 2.35. The van der Waals surface area contributed by atoms with E-state index in [9.17, 15) is 14.0 Å². The summed E-state index contributed by atoms with van der Waals surface area (Å²) >= 11 is 7.17. The summed E-state index contributed by atoms with van der Waals surface area (Å²) in [6.45, 7) is 4.36. The molecule has 0 bridgehead atoms. The SMILES string of the molecule is CCOSC1CN(C)C(=O)c2c3c(nn2C1)CCN(C(=O)Nc1ccc(F)c(Cl)c1)C3. The Balaban J connectivity index is 1.54. The van der Waals surface area contributed by atoms with E-state index in [1.807, 2.05) is 6.92 Å². The van der Waals surface area contributed by atoms with Gasteiger partial charge in [-0.1, -0.05) is 11.6 Å². The smallest absolute Gasteiger partial charge is 0.322 e. The number of carbonyl (C=O) groups excluding carboxylic acids is 2. The van der Waals surface area contributed by atoms with E-state index in [4.69, 9.17) is 15.8 Å². The molecule has 11 heteroatoms. The van der Waals surface area contributed by atoms with Gasteiger partial charge in [-0.05, 0) is 37.2 Å². The summed E-state index contributed by atoms with van der Waals surface area (Å²) in [5.41, 5.74) is 2.55. The van der Waals surface area contributed by atoms with Crippen molar-refractivity contribution in [3.8, 4) is 0 Å². The molecular formula is C20H23ClFN5O3S. The van der Waals surface area contributed by atoms with E-state index in [2.05, 4.69) is 10.4 Å². The molecule has 0 radical (unpaired) electrons. The average molecular weight is 468 g/mol. The van der Waals surface area contributed by atoms with Gasteiger partial charge in [-0.25, -0.2) is 9.18 Å². The molecule has 31 heavy (non-hydrogen) atoms. The van der Waals surface area contributed by atoms with Crippen molar-refractivity contribution in [3.63, 3.8) is 0 Å². The summed E-state index contributed by atoms with van der Waals surface area (Å²) in [5.74, 6) is -0.658. The number of rotatable bonds is 4. The van der Waals surface area contributed by atoms with Crippen LogP contribution in [0, 0.1) is 5.82 Å². The Hall–Kier alpha value is -2.30. The zero-order valence-electron chi connectivity index (χ0n) is 17.2. The van der Waals surface area contributed by atoms with E-state index in [0.29, 0.717) is 44.0 Å². The molecule has 0 saturated heterocycles. The maximum absolute atomic E-state index is 13.4. The minimum atomic E-state index is -0.548. The molecule has 1 aromatic carbocycles. The molecule has 0 spiro atoms. The Labute approximate surface area is 188 Å². The molecule has 3 amide bonds. The van der Waals surface area contributed by atoms with Crippen molar-refractivity contribution >= 4 is 41.3 Å². The van der Waals surface area contributed by atoms with Crippen LogP contribution < -0.4 is 5.32 Å². The number of halogens is 2. The third-order valence-corrected chi connectivity index (χ3v) is 6.52. The molecule has 166 valence electrons. The van der Waals surface area contributed by atoms with Crippen molar-refractivity contribution in [2.45, 2.75) is 31.7 Å². The summed E-state index contributed by atoms with van der Waals surface area (Å²) in [5, 5.41) is 7.42. The van der Waals surface area contributed by atoms with Gasteiger partial charge in [0.1, 0.15) is 11.5 Å².